The zero-order valence-electron chi connectivity index (χ0n) is 12.4. The molecule has 2 nitrogen and oxygen atoms in total. The summed E-state index contributed by atoms with van der Waals surface area (Å²) in [4.78, 5) is 0. The lowest BCUT2D eigenvalue weighted by Gasteiger charge is -2.33. The molecule has 1 aliphatic rings. The van der Waals surface area contributed by atoms with Crippen LogP contribution in [0.4, 0.5) is 0 Å². The zero-order valence-corrected chi connectivity index (χ0v) is 12.4. The van der Waals surface area contributed by atoms with Crippen LogP contribution in [0.2, 0.25) is 0 Å². The summed E-state index contributed by atoms with van der Waals surface area (Å²) in [6.45, 7) is 4.31. The van der Waals surface area contributed by atoms with Crippen molar-refractivity contribution in [3.8, 4) is 0 Å². The molecule has 1 saturated carbocycles. The minimum absolute atomic E-state index is 0.357. The minimum Gasteiger partial charge on any atom is -0.458 e. The summed E-state index contributed by atoms with van der Waals surface area (Å²) in [6.07, 6.45) is 5.61. The molecule has 2 aromatic rings. The first-order valence-corrected chi connectivity index (χ1v) is 7.87. The number of aliphatic hydroxyl groups is 1. The zero-order chi connectivity index (χ0) is 14.1. The fourth-order valence-corrected chi connectivity index (χ4v) is 3.70. The van der Waals surface area contributed by atoms with Crippen LogP contribution in [-0.4, -0.2) is 5.11 Å². The lowest BCUT2D eigenvalue weighted by molar-refractivity contribution is 0.0309. The molecule has 1 fully saturated rings. The molecule has 2 heteroatoms. The number of aryl methyl sites for hydroxylation is 1. The Labute approximate surface area is 120 Å². The van der Waals surface area contributed by atoms with E-state index in [2.05, 4.69) is 26.0 Å². The summed E-state index contributed by atoms with van der Waals surface area (Å²) >= 11 is 0. The molecule has 0 aliphatic heterocycles. The van der Waals surface area contributed by atoms with E-state index in [0.29, 0.717) is 11.8 Å². The Morgan fingerprint density at radius 1 is 1.25 bits per heavy atom. The van der Waals surface area contributed by atoms with Gasteiger partial charge in [-0.05, 0) is 43.4 Å². The SMILES string of the molecule is CCC1CCCCC1C(O)c1cc2cc(C)ccc2o1. The number of fused-ring (bicyclic) bond motifs is 1. The maximum absolute atomic E-state index is 10.7. The number of hydrogen-bond acceptors (Lipinski definition) is 2. The average molecular weight is 272 g/mol. The minimum atomic E-state index is -0.451. The van der Waals surface area contributed by atoms with Crippen molar-refractivity contribution in [3.05, 3.63) is 35.6 Å². The number of hydrogen-bond donors (Lipinski definition) is 1. The van der Waals surface area contributed by atoms with Gasteiger partial charge in [-0.2, -0.15) is 0 Å². The third-order valence-electron chi connectivity index (χ3n) is 4.88. The molecule has 3 rings (SSSR count). The Morgan fingerprint density at radius 2 is 2.05 bits per heavy atom. The van der Waals surface area contributed by atoms with Gasteiger partial charge in [0.2, 0.25) is 0 Å². The molecule has 1 N–H and O–H groups in total. The summed E-state index contributed by atoms with van der Waals surface area (Å²) in [5, 5.41) is 11.8. The fourth-order valence-electron chi connectivity index (χ4n) is 3.70. The van der Waals surface area contributed by atoms with Crippen molar-refractivity contribution >= 4 is 11.0 Å². The summed E-state index contributed by atoms with van der Waals surface area (Å²) in [6, 6.07) is 8.19. The lowest BCUT2D eigenvalue weighted by Crippen LogP contribution is -2.25. The lowest BCUT2D eigenvalue weighted by atomic mass is 9.74. The maximum atomic E-state index is 10.7. The van der Waals surface area contributed by atoms with Crippen molar-refractivity contribution in [2.24, 2.45) is 11.8 Å². The first-order chi connectivity index (χ1) is 9.69. The summed E-state index contributed by atoms with van der Waals surface area (Å²) in [5.74, 6) is 1.74. The standard InChI is InChI=1S/C18H24O2/c1-3-13-6-4-5-7-15(13)18(19)17-11-14-10-12(2)8-9-16(14)20-17/h8-11,13,15,18-19H,3-7H2,1-2H3. The average Bonchev–Trinajstić information content (AvgIpc) is 2.89. The van der Waals surface area contributed by atoms with E-state index in [4.69, 9.17) is 4.42 Å². The molecule has 108 valence electrons. The number of benzene rings is 1. The predicted octanol–water partition coefficient (Wildman–Crippen LogP) is 4.99. The highest BCUT2D eigenvalue weighted by Gasteiger charge is 2.32. The van der Waals surface area contributed by atoms with E-state index >= 15 is 0 Å². The maximum Gasteiger partial charge on any atom is 0.134 e. The molecule has 0 amide bonds. The summed E-state index contributed by atoms with van der Waals surface area (Å²) in [7, 11) is 0. The predicted molar refractivity (Wildman–Crippen MR) is 81.6 cm³/mol. The highest BCUT2D eigenvalue weighted by atomic mass is 16.4. The van der Waals surface area contributed by atoms with Gasteiger partial charge in [0.15, 0.2) is 0 Å². The topological polar surface area (TPSA) is 33.4 Å². The Bertz CT molecular complexity index is 584. The number of furan rings is 1. The van der Waals surface area contributed by atoms with Gasteiger partial charge in [0.1, 0.15) is 17.4 Å². The van der Waals surface area contributed by atoms with Gasteiger partial charge < -0.3 is 9.52 Å². The van der Waals surface area contributed by atoms with Crippen LogP contribution in [0.3, 0.4) is 0 Å². The number of rotatable bonds is 3. The molecule has 1 aromatic heterocycles. The summed E-state index contributed by atoms with van der Waals surface area (Å²) < 4.78 is 5.88. The van der Waals surface area contributed by atoms with Crippen LogP contribution in [0.25, 0.3) is 11.0 Å². The van der Waals surface area contributed by atoms with Gasteiger partial charge in [-0.1, -0.05) is 44.2 Å². The van der Waals surface area contributed by atoms with E-state index in [9.17, 15) is 5.11 Å². The molecular weight excluding hydrogens is 248 g/mol. The Morgan fingerprint density at radius 3 is 2.85 bits per heavy atom. The first kappa shape index (κ1) is 13.7. The molecule has 3 atom stereocenters. The van der Waals surface area contributed by atoms with Crippen LogP contribution in [0, 0.1) is 18.8 Å². The van der Waals surface area contributed by atoms with Gasteiger partial charge in [-0.3, -0.25) is 0 Å². The number of aliphatic hydroxyl groups excluding tert-OH is 1. The molecule has 0 spiro atoms. The molecular formula is C18H24O2. The molecule has 0 radical (unpaired) electrons. The molecule has 20 heavy (non-hydrogen) atoms. The molecule has 1 aliphatic carbocycles. The van der Waals surface area contributed by atoms with Crippen LogP contribution in [0.15, 0.2) is 28.7 Å². The van der Waals surface area contributed by atoms with Crippen LogP contribution in [0.5, 0.6) is 0 Å². The van der Waals surface area contributed by atoms with Crippen LogP contribution in [0.1, 0.15) is 56.5 Å². The van der Waals surface area contributed by atoms with E-state index < -0.39 is 6.10 Å². The second kappa shape index (κ2) is 5.61. The third kappa shape index (κ3) is 2.49. The van der Waals surface area contributed by atoms with Gasteiger partial charge in [0.05, 0.1) is 0 Å². The van der Waals surface area contributed by atoms with Crippen LogP contribution >= 0.6 is 0 Å². The van der Waals surface area contributed by atoms with E-state index in [1.165, 1.54) is 24.8 Å². The second-order valence-electron chi connectivity index (χ2n) is 6.25. The van der Waals surface area contributed by atoms with E-state index in [-0.39, 0.29) is 0 Å². The summed E-state index contributed by atoms with van der Waals surface area (Å²) in [5.41, 5.74) is 2.11. The van der Waals surface area contributed by atoms with Gasteiger partial charge >= 0.3 is 0 Å². The molecule has 1 aromatic carbocycles. The quantitative estimate of drug-likeness (QED) is 0.853. The van der Waals surface area contributed by atoms with Gasteiger partial charge in [0.25, 0.3) is 0 Å². The van der Waals surface area contributed by atoms with E-state index in [1.54, 1.807) is 0 Å². The largest absolute Gasteiger partial charge is 0.458 e. The molecule has 3 unspecified atom stereocenters. The van der Waals surface area contributed by atoms with Crippen LogP contribution < -0.4 is 0 Å². The Balaban J connectivity index is 1.89. The Hall–Kier alpha value is -1.28. The molecule has 0 bridgehead atoms. The third-order valence-corrected chi connectivity index (χ3v) is 4.88. The van der Waals surface area contributed by atoms with E-state index in [1.807, 2.05) is 12.1 Å². The van der Waals surface area contributed by atoms with Crippen molar-refractivity contribution in [1.29, 1.82) is 0 Å². The van der Waals surface area contributed by atoms with Gasteiger partial charge in [0, 0.05) is 5.39 Å². The van der Waals surface area contributed by atoms with Crippen LogP contribution in [-0.2, 0) is 0 Å². The van der Waals surface area contributed by atoms with Gasteiger partial charge in [-0.15, -0.1) is 0 Å². The van der Waals surface area contributed by atoms with Crippen molar-refractivity contribution in [2.75, 3.05) is 0 Å². The Kier molecular flexibility index (Phi) is 3.84. The molecule has 0 saturated heterocycles. The smallest absolute Gasteiger partial charge is 0.134 e. The highest BCUT2D eigenvalue weighted by Crippen LogP contribution is 2.41. The van der Waals surface area contributed by atoms with Crippen molar-refractivity contribution in [3.63, 3.8) is 0 Å². The first-order valence-electron chi connectivity index (χ1n) is 7.87. The van der Waals surface area contributed by atoms with Crippen molar-refractivity contribution in [2.45, 2.75) is 52.1 Å². The highest BCUT2D eigenvalue weighted by molar-refractivity contribution is 5.78. The normalized spacial score (nSPS) is 24.9. The monoisotopic (exact) mass is 272 g/mol. The van der Waals surface area contributed by atoms with Gasteiger partial charge in [-0.25, -0.2) is 0 Å². The second-order valence-corrected chi connectivity index (χ2v) is 6.25. The molecule has 1 heterocycles. The van der Waals surface area contributed by atoms with E-state index in [0.717, 1.165) is 29.6 Å². The van der Waals surface area contributed by atoms with Crippen molar-refractivity contribution in [1.82, 2.24) is 0 Å². The van der Waals surface area contributed by atoms with Crippen molar-refractivity contribution < 1.29 is 9.52 Å². The fraction of sp³-hybridized carbons (Fsp3) is 0.556.